The van der Waals surface area contributed by atoms with E-state index in [1.165, 1.54) is 11.1 Å². The van der Waals surface area contributed by atoms with Crippen LogP contribution in [0, 0.1) is 11.8 Å². The minimum Gasteiger partial charge on any atom is -0.481 e. The fourth-order valence-corrected chi connectivity index (χ4v) is 4.69. The molecule has 0 spiro atoms. The molecular weight excluding hydrogens is 432 g/mol. The molecule has 2 amide bonds. The molecule has 7 nitrogen and oxygen atoms in total. The van der Waals surface area contributed by atoms with Crippen LogP contribution in [0.15, 0.2) is 48.5 Å². The number of nitrogens with one attached hydrogen (secondary N) is 2. The van der Waals surface area contributed by atoms with Crippen molar-refractivity contribution in [3.05, 3.63) is 59.7 Å². The molecule has 0 aromatic heterocycles. The predicted molar refractivity (Wildman–Crippen MR) is 130 cm³/mol. The molecule has 3 N–H and O–H groups in total. The van der Waals surface area contributed by atoms with Crippen molar-refractivity contribution in [1.29, 1.82) is 0 Å². The average Bonchev–Trinajstić information content (AvgIpc) is 3.08. The van der Waals surface area contributed by atoms with E-state index in [2.05, 4.69) is 48.7 Å². The van der Waals surface area contributed by atoms with Crippen LogP contribution in [0.25, 0.3) is 11.1 Å². The molecule has 2 aromatic carbocycles. The fraction of sp³-hybridized carbons (Fsp3) is 0.444. The zero-order valence-electron chi connectivity index (χ0n) is 20.0. The Bertz CT molecular complexity index is 974. The van der Waals surface area contributed by atoms with Crippen LogP contribution >= 0.6 is 0 Å². The van der Waals surface area contributed by atoms with E-state index in [4.69, 9.17) is 9.84 Å². The highest BCUT2D eigenvalue weighted by Gasteiger charge is 2.29. The monoisotopic (exact) mass is 466 g/mol. The fourth-order valence-electron chi connectivity index (χ4n) is 4.69. The molecule has 1 aliphatic carbocycles. The van der Waals surface area contributed by atoms with Crippen LogP contribution in [0.3, 0.4) is 0 Å². The predicted octanol–water partition coefficient (Wildman–Crippen LogP) is 4.56. The van der Waals surface area contributed by atoms with Crippen molar-refractivity contribution in [3.8, 4) is 11.1 Å². The zero-order chi connectivity index (χ0) is 24.7. The number of hydrogen-bond acceptors (Lipinski definition) is 4. The van der Waals surface area contributed by atoms with E-state index in [9.17, 15) is 14.4 Å². The molecule has 3 rings (SSSR count). The van der Waals surface area contributed by atoms with Gasteiger partial charge in [0.05, 0.1) is 6.42 Å². The van der Waals surface area contributed by atoms with Gasteiger partial charge in [-0.15, -0.1) is 0 Å². The molecular formula is C27H34N2O5. The maximum absolute atomic E-state index is 12.5. The lowest BCUT2D eigenvalue weighted by molar-refractivity contribution is -0.137. The van der Waals surface area contributed by atoms with Crippen molar-refractivity contribution in [3.63, 3.8) is 0 Å². The second-order valence-corrected chi connectivity index (χ2v) is 9.47. The summed E-state index contributed by atoms with van der Waals surface area (Å²) in [6, 6.07) is 15.9. The number of rotatable bonds is 11. The van der Waals surface area contributed by atoms with Gasteiger partial charge in [-0.1, -0.05) is 62.4 Å². The van der Waals surface area contributed by atoms with Gasteiger partial charge < -0.3 is 20.5 Å². The van der Waals surface area contributed by atoms with E-state index in [0.717, 1.165) is 17.5 Å². The van der Waals surface area contributed by atoms with Crippen molar-refractivity contribution in [2.24, 2.45) is 11.8 Å². The second kappa shape index (κ2) is 11.7. The van der Waals surface area contributed by atoms with Crippen LogP contribution in [0.2, 0.25) is 0 Å². The summed E-state index contributed by atoms with van der Waals surface area (Å²) in [6.45, 7) is 6.34. The molecule has 0 radical (unpaired) electrons. The molecule has 2 atom stereocenters. The minimum absolute atomic E-state index is 0.00823. The van der Waals surface area contributed by atoms with Gasteiger partial charge in [0.25, 0.3) is 0 Å². The lowest BCUT2D eigenvalue weighted by atomic mass is 9.93. The van der Waals surface area contributed by atoms with Crippen molar-refractivity contribution < 1.29 is 24.2 Å². The van der Waals surface area contributed by atoms with Crippen LogP contribution < -0.4 is 10.6 Å². The van der Waals surface area contributed by atoms with Crippen molar-refractivity contribution >= 4 is 18.0 Å². The Kier molecular flexibility index (Phi) is 8.68. The number of hydrogen-bond donors (Lipinski definition) is 3. The van der Waals surface area contributed by atoms with Crippen LogP contribution in [-0.4, -0.2) is 42.3 Å². The van der Waals surface area contributed by atoms with Gasteiger partial charge in [0.1, 0.15) is 6.61 Å². The van der Waals surface area contributed by atoms with Gasteiger partial charge in [-0.25, -0.2) is 4.79 Å². The van der Waals surface area contributed by atoms with Gasteiger partial charge in [0.15, 0.2) is 0 Å². The quantitative estimate of drug-likeness (QED) is 0.450. The summed E-state index contributed by atoms with van der Waals surface area (Å²) in [5.41, 5.74) is 4.65. The Morgan fingerprint density at radius 1 is 0.941 bits per heavy atom. The van der Waals surface area contributed by atoms with E-state index < -0.39 is 18.1 Å². The summed E-state index contributed by atoms with van der Waals surface area (Å²) in [5, 5.41) is 14.4. The molecule has 2 aromatic rings. The number of ether oxygens (including phenoxy) is 1. The van der Waals surface area contributed by atoms with Gasteiger partial charge in [0, 0.05) is 24.9 Å². The minimum atomic E-state index is -0.955. The number of carbonyl (C=O) groups excluding carboxylic acids is 2. The lowest BCUT2D eigenvalue weighted by Gasteiger charge is -2.21. The Balaban J connectivity index is 1.53. The molecule has 0 saturated carbocycles. The SMILES string of the molecule is CC(C)CC(CNC(=O)OCC1c2ccccc2-c2ccccc21)CC(=O)N[C@@H](C)CC(=O)O. The first-order chi connectivity index (χ1) is 16.2. The average molecular weight is 467 g/mol. The summed E-state index contributed by atoms with van der Waals surface area (Å²) >= 11 is 0. The first kappa shape index (κ1) is 25.3. The van der Waals surface area contributed by atoms with Gasteiger partial charge in [0.2, 0.25) is 5.91 Å². The third-order valence-corrected chi connectivity index (χ3v) is 6.05. The molecule has 0 aliphatic heterocycles. The van der Waals surface area contributed by atoms with Crippen LogP contribution in [0.4, 0.5) is 4.79 Å². The molecule has 0 saturated heterocycles. The summed E-state index contributed by atoms with van der Waals surface area (Å²) in [6.07, 6.45) is 0.338. The molecule has 1 aliphatic rings. The molecule has 0 bridgehead atoms. The highest BCUT2D eigenvalue weighted by molar-refractivity contribution is 5.79. The number of benzene rings is 2. The summed E-state index contributed by atoms with van der Waals surface area (Å²) in [7, 11) is 0. The maximum Gasteiger partial charge on any atom is 0.407 e. The van der Waals surface area contributed by atoms with E-state index >= 15 is 0 Å². The normalized spacial score (nSPS) is 14.1. The Morgan fingerprint density at radius 3 is 2.09 bits per heavy atom. The van der Waals surface area contributed by atoms with E-state index in [0.29, 0.717) is 12.5 Å². The highest BCUT2D eigenvalue weighted by atomic mass is 16.5. The van der Waals surface area contributed by atoms with Crippen molar-refractivity contribution in [2.75, 3.05) is 13.2 Å². The van der Waals surface area contributed by atoms with E-state index in [1.54, 1.807) is 6.92 Å². The summed E-state index contributed by atoms with van der Waals surface area (Å²) in [4.78, 5) is 35.7. The highest BCUT2D eigenvalue weighted by Crippen LogP contribution is 2.44. The van der Waals surface area contributed by atoms with Crippen molar-refractivity contribution in [2.45, 2.75) is 52.0 Å². The molecule has 34 heavy (non-hydrogen) atoms. The smallest absolute Gasteiger partial charge is 0.407 e. The third kappa shape index (κ3) is 6.83. The molecule has 0 heterocycles. The number of alkyl carbamates (subject to hydrolysis) is 1. The number of amides is 2. The van der Waals surface area contributed by atoms with Gasteiger partial charge in [-0.2, -0.15) is 0 Å². The van der Waals surface area contributed by atoms with Crippen molar-refractivity contribution in [1.82, 2.24) is 10.6 Å². The lowest BCUT2D eigenvalue weighted by Crippen LogP contribution is -2.38. The van der Waals surface area contributed by atoms with Gasteiger partial charge >= 0.3 is 12.1 Å². The Labute approximate surface area is 200 Å². The number of fused-ring (bicyclic) bond motifs is 3. The number of carbonyl (C=O) groups is 3. The molecule has 182 valence electrons. The summed E-state index contributed by atoms with van der Waals surface area (Å²) < 4.78 is 5.59. The number of carboxylic acid groups (broad SMARTS) is 1. The first-order valence-corrected chi connectivity index (χ1v) is 11.8. The molecule has 7 heteroatoms. The largest absolute Gasteiger partial charge is 0.481 e. The first-order valence-electron chi connectivity index (χ1n) is 11.8. The van der Waals surface area contributed by atoms with Crippen LogP contribution in [0.1, 0.15) is 57.1 Å². The zero-order valence-corrected chi connectivity index (χ0v) is 20.0. The number of aliphatic carboxylic acids is 1. The third-order valence-electron chi connectivity index (χ3n) is 6.05. The van der Waals surface area contributed by atoms with Crippen LogP contribution in [-0.2, 0) is 14.3 Å². The van der Waals surface area contributed by atoms with E-state index in [1.807, 2.05) is 24.3 Å². The van der Waals surface area contributed by atoms with E-state index in [-0.39, 0.29) is 37.2 Å². The van der Waals surface area contributed by atoms with Gasteiger partial charge in [-0.3, -0.25) is 9.59 Å². The Hall–Kier alpha value is -3.35. The Morgan fingerprint density at radius 2 is 1.53 bits per heavy atom. The molecule has 1 unspecified atom stereocenters. The van der Waals surface area contributed by atoms with Crippen LogP contribution in [0.5, 0.6) is 0 Å². The van der Waals surface area contributed by atoms with Gasteiger partial charge in [-0.05, 0) is 47.4 Å². The second-order valence-electron chi connectivity index (χ2n) is 9.47. The maximum atomic E-state index is 12.5. The standard InChI is InChI=1S/C27H34N2O5/c1-17(2)12-19(14-25(30)29-18(3)13-26(31)32)15-28-27(33)34-16-24-22-10-6-4-8-20(22)21-9-5-7-11-23(21)24/h4-11,17-19,24H,12-16H2,1-3H3,(H,28,33)(H,29,30)(H,31,32)/t18-,19?/m0/s1. The summed E-state index contributed by atoms with van der Waals surface area (Å²) in [5.74, 6) is -0.903. The topological polar surface area (TPSA) is 105 Å². The molecule has 0 fully saturated rings. The number of carboxylic acids is 1.